The van der Waals surface area contributed by atoms with E-state index in [9.17, 15) is 4.79 Å². The van der Waals surface area contributed by atoms with Crippen LogP contribution < -0.4 is 5.32 Å². The number of nitrogens with zero attached hydrogens (tertiary/aromatic N) is 2. The Kier molecular flexibility index (Phi) is 4.27. The molecule has 1 unspecified atom stereocenters. The topological polar surface area (TPSA) is 63.0 Å². The summed E-state index contributed by atoms with van der Waals surface area (Å²) in [4.78, 5) is 19.9. The molecule has 0 saturated heterocycles. The first-order valence-corrected chi connectivity index (χ1v) is 5.17. The van der Waals surface area contributed by atoms with Gasteiger partial charge in [-0.25, -0.2) is 4.79 Å². The molecule has 0 aromatic heterocycles. The van der Waals surface area contributed by atoms with Crippen LogP contribution in [0.1, 0.15) is 26.7 Å². The molecule has 0 fully saturated rings. The van der Waals surface area contributed by atoms with Gasteiger partial charge in [0.25, 0.3) is 0 Å². The highest BCUT2D eigenvalue weighted by molar-refractivity contribution is 6.43. The van der Waals surface area contributed by atoms with Crippen molar-refractivity contribution in [1.29, 1.82) is 0 Å². The fourth-order valence-corrected chi connectivity index (χ4v) is 1.34. The highest BCUT2D eigenvalue weighted by atomic mass is 16.5. The van der Waals surface area contributed by atoms with Gasteiger partial charge in [-0.2, -0.15) is 0 Å². The van der Waals surface area contributed by atoms with Crippen LogP contribution in [0.5, 0.6) is 0 Å². The number of hydrogen-bond acceptors (Lipinski definition) is 4. The Morgan fingerprint density at radius 3 is 2.87 bits per heavy atom. The molecule has 1 aliphatic heterocycles. The fourth-order valence-electron chi connectivity index (χ4n) is 1.34. The lowest BCUT2D eigenvalue weighted by Crippen LogP contribution is -2.39. The first-order chi connectivity index (χ1) is 7.21. The van der Waals surface area contributed by atoms with Gasteiger partial charge in [0, 0.05) is 0 Å². The number of hydrogen-bond donors (Lipinski definition) is 1. The second kappa shape index (κ2) is 5.48. The second-order valence-corrected chi connectivity index (χ2v) is 3.30. The Morgan fingerprint density at radius 2 is 2.33 bits per heavy atom. The number of methoxy groups -OCH3 is 1. The van der Waals surface area contributed by atoms with Crippen LogP contribution in [0.25, 0.3) is 0 Å². The zero-order valence-corrected chi connectivity index (χ0v) is 9.41. The quantitative estimate of drug-likeness (QED) is 0.750. The van der Waals surface area contributed by atoms with Crippen molar-refractivity contribution in [2.75, 3.05) is 13.7 Å². The third-order valence-electron chi connectivity index (χ3n) is 2.29. The number of nitrogens with one attached hydrogen (secondary N) is 1. The van der Waals surface area contributed by atoms with Gasteiger partial charge in [-0.3, -0.25) is 15.3 Å². The van der Waals surface area contributed by atoms with E-state index in [0.717, 1.165) is 18.6 Å². The molecule has 0 aromatic carbocycles. The SMILES string of the molecule is CCC1=NCC(CC)N=C1NC(=O)OC. The monoisotopic (exact) mass is 211 g/mol. The van der Waals surface area contributed by atoms with Crippen molar-refractivity contribution in [3.63, 3.8) is 0 Å². The molecule has 0 aliphatic carbocycles. The molecule has 0 spiro atoms. The average Bonchev–Trinajstić information content (AvgIpc) is 2.28. The number of alkyl carbamates (subject to hydrolysis) is 1. The van der Waals surface area contributed by atoms with E-state index < -0.39 is 6.09 Å². The van der Waals surface area contributed by atoms with E-state index in [1.807, 2.05) is 6.92 Å². The van der Waals surface area contributed by atoms with Gasteiger partial charge in [-0.1, -0.05) is 13.8 Å². The van der Waals surface area contributed by atoms with Gasteiger partial charge in [-0.15, -0.1) is 0 Å². The number of carbonyl (C=O) groups is 1. The first-order valence-electron chi connectivity index (χ1n) is 5.17. The molecule has 1 heterocycles. The molecule has 1 aliphatic rings. The summed E-state index contributed by atoms with van der Waals surface area (Å²) in [5.41, 5.74) is 0.838. The van der Waals surface area contributed by atoms with Gasteiger partial charge in [0.15, 0.2) is 5.84 Å². The number of ether oxygens (including phenoxy) is 1. The summed E-state index contributed by atoms with van der Waals surface area (Å²) in [5, 5.41) is 2.59. The summed E-state index contributed by atoms with van der Waals surface area (Å²) in [6.45, 7) is 4.75. The van der Waals surface area contributed by atoms with Crippen LogP contribution in [-0.4, -0.2) is 37.3 Å². The van der Waals surface area contributed by atoms with Crippen molar-refractivity contribution in [1.82, 2.24) is 5.32 Å². The lowest BCUT2D eigenvalue weighted by atomic mass is 10.1. The van der Waals surface area contributed by atoms with Crippen molar-refractivity contribution in [2.45, 2.75) is 32.7 Å². The van der Waals surface area contributed by atoms with Crippen LogP contribution in [0, 0.1) is 0 Å². The largest absolute Gasteiger partial charge is 0.453 e. The number of aliphatic imine (C=N–C) groups is 2. The normalized spacial score (nSPS) is 20.3. The van der Waals surface area contributed by atoms with Crippen molar-refractivity contribution >= 4 is 17.6 Å². The second-order valence-electron chi connectivity index (χ2n) is 3.30. The van der Waals surface area contributed by atoms with Gasteiger partial charge < -0.3 is 4.74 Å². The van der Waals surface area contributed by atoms with Crippen molar-refractivity contribution in [2.24, 2.45) is 9.98 Å². The maximum absolute atomic E-state index is 11.1. The first kappa shape index (κ1) is 11.7. The molecular weight excluding hydrogens is 194 g/mol. The summed E-state index contributed by atoms with van der Waals surface area (Å²) < 4.78 is 4.53. The lowest BCUT2D eigenvalue weighted by Gasteiger charge is -2.18. The summed E-state index contributed by atoms with van der Waals surface area (Å²) in [7, 11) is 1.33. The molecule has 15 heavy (non-hydrogen) atoms. The highest BCUT2D eigenvalue weighted by Crippen LogP contribution is 2.06. The maximum atomic E-state index is 11.1. The minimum Gasteiger partial charge on any atom is -0.453 e. The minimum absolute atomic E-state index is 0.174. The zero-order chi connectivity index (χ0) is 11.3. The van der Waals surface area contributed by atoms with Crippen molar-refractivity contribution < 1.29 is 9.53 Å². The smallest absolute Gasteiger partial charge is 0.412 e. The summed E-state index contributed by atoms with van der Waals surface area (Å²) in [6.07, 6.45) is 1.19. The molecule has 0 bridgehead atoms. The van der Waals surface area contributed by atoms with E-state index >= 15 is 0 Å². The minimum atomic E-state index is -0.494. The molecule has 1 atom stereocenters. The summed E-state index contributed by atoms with van der Waals surface area (Å²) >= 11 is 0. The van der Waals surface area contributed by atoms with Gasteiger partial charge in [-0.05, 0) is 12.8 Å². The molecule has 0 saturated carbocycles. The Morgan fingerprint density at radius 1 is 1.60 bits per heavy atom. The molecule has 5 heteroatoms. The van der Waals surface area contributed by atoms with E-state index in [4.69, 9.17) is 0 Å². The predicted octanol–water partition coefficient (Wildman–Crippen LogP) is 1.38. The van der Waals surface area contributed by atoms with Gasteiger partial charge in [0.05, 0.1) is 25.4 Å². The molecule has 1 rings (SSSR count). The number of amidine groups is 1. The summed E-state index contributed by atoms with van der Waals surface area (Å²) in [5.74, 6) is 0.558. The van der Waals surface area contributed by atoms with E-state index in [-0.39, 0.29) is 6.04 Å². The van der Waals surface area contributed by atoms with Gasteiger partial charge >= 0.3 is 6.09 Å². The standard InChI is InChI=1S/C10H17N3O2/c1-4-7-6-11-8(5-2)9(12-7)13-10(14)15-3/h7H,4-6H2,1-3H3,(H,12,13,14). The molecule has 5 nitrogen and oxygen atoms in total. The Bertz CT molecular complexity index is 297. The zero-order valence-electron chi connectivity index (χ0n) is 9.41. The molecular formula is C10H17N3O2. The number of amides is 1. The van der Waals surface area contributed by atoms with Gasteiger partial charge in [0.2, 0.25) is 0 Å². The van der Waals surface area contributed by atoms with Crippen LogP contribution in [0.3, 0.4) is 0 Å². The molecule has 0 radical (unpaired) electrons. The van der Waals surface area contributed by atoms with Crippen LogP contribution >= 0.6 is 0 Å². The third-order valence-corrected chi connectivity index (χ3v) is 2.29. The third kappa shape index (κ3) is 3.04. The number of rotatable bonds is 2. The molecule has 1 N–H and O–H groups in total. The van der Waals surface area contributed by atoms with E-state index in [1.165, 1.54) is 7.11 Å². The lowest BCUT2D eigenvalue weighted by molar-refractivity contribution is 0.177. The van der Waals surface area contributed by atoms with E-state index in [2.05, 4.69) is 27.0 Å². The molecule has 84 valence electrons. The molecule has 1 amide bonds. The molecule has 0 aromatic rings. The number of carbonyl (C=O) groups excluding carboxylic acids is 1. The summed E-state index contributed by atoms with van der Waals surface area (Å²) in [6, 6.07) is 0.174. The van der Waals surface area contributed by atoms with Crippen LogP contribution in [0.2, 0.25) is 0 Å². The predicted molar refractivity (Wildman–Crippen MR) is 59.6 cm³/mol. The fraction of sp³-hybridized carbons (Fsp3) is 0.700. The van der Waals surface area contributed by atoms with Crippen molar-refractivity contribution in [3.8, 4) is 0 Å². The van der Waals surface area contributed by atoms with Crippen LogP contribution in [-0.2, 0) is 4.74 Å². The van der Waals surface area contributed by atoms with Crippen LogP contribution in [0.4, 0.5) is 4.79 Å². The van der Waals surface area contributed by atoms with E-state index in [1.54, 1.807) is 0 Å². The Hall–Kier alpha value is -1.39. The van der Waals surface area contributed by atoms with Gasteiger partial charge in [0.1, 0.15) is 0 Å². The van der Waals surface area contributed by atoms with E-state index in [0.29, 0.717) is 12.4 Å². The Labute approximate surface area is 89.6 Å². The Balaban J connectivity index is 2.74. The maximum Gasteiger partial charge on any atom is 0.412 e. The average molecular weight is 211 g/mol. The van der Waals surface area contributed by atoms with Crippen LogP contribution in [0.15, 0.2) is 9.98 Å². The highest BCUT2D eigenvalue weighted by Gasteiger charge is 2.18. The van der Waals surface area contributed by atoms with Crippen molar-refractivity contribution in [3.05, 3.63) is 0 Å².